The Hall–Kier alpha value is -3.48. The molecule has 1 fully saturated rings. The summed E-state index contributed by atoms with van der Waals surface area (Å²) in [6, 6.07) is 15.7. The van der Waals surface area contributed by atoms with E-state index in [0.29, 0.717) is 39.1 Å². The molecular formula is C29H42N6O5S. The van der Waals surface area contributed by atoms with Crippen molar-refractivity contribution in [3.8, 4) is 0 Å². The maximum absolute atomic E-state index is 13.6. The average molecular weight is 587 g/mol. The number of nitrogens with zero attached hydrogens (tertiary/aromatic N) is 3. The molecule has 12 heteroatoms. The molecule has 0 aliphatic carbocycles. The van der Waals surface area contributed by atoms with E-state index in [-0.39, 0.29) is 42.3 Å². The van der Waals surface area contributed by atoms with Crippen molar-refractivity contribution < 1.29 is 22.7 Å². The van der Waals surface area contributed by atoms with Crippen molar-refractivity contribution >= 4 is 27.9 Å². The first-order valence-corrected chi connectivity index (χ1v) is 15.3. The van der Waals surface area contributed by atoms with Crippen LogP contribution in [0.25, 0.3) is 0 Å². The summed E-state index contributed by atoms with van der Waals surface area (Å²) in [5.41, 5.74) is 12.3. The van der Waals surface area contributed by atoms with Crippen molar-refractivity contribution in [3.63, 3.8) is 0 Å². The van der Waals surface area contributed by atoms with Gasteiger partial charge >= 0.3 is 5.97 Å². The highest BCUT2D eigenvalue weighted by Gasteiger charge is 2.32. The van der Waals surface area contributed by atoms with E-state index in [0.717, 1.165) is 11.1 Å². The predicted molar refractivity (Wildman–Crippen MR) is 159 cm³/mol. The molecule has 0 aromatic heterocycles. The Kier molecular flexibility index (Phi) is 11.3. The summed E-state index contributed by atoms with van der Waals surface area (Å²) in [6.07, 6.45) is 0.650. The zero-order valence-corrected chi connectivity index (χ0v) is 24.9. The van der Waals surface area contributed by atoms with Gasteiger partial charge in [0.05, 0.1) is 4.90 Å². The molecule has 2 aromatic carbocycles. The van der Waals surface area contributed by atoms with Gasteiger partial charge in [-0.05, 0) is 36.1 Å². The minimum absolute atomic E-state index is 0.0591. The summed E-state index contributed by atoms with van der Waals surface area (Å²) in [7, 11) is -4.03. The molecule has 1 aliphatic rings. The van der Waals surface area contributed by atoms with Crippen LogP contribution < -0.4 is 16.2 Å². The number of carbonyl (C=O) groups is 2. The number of amides is 1. The van der Waals surface area contributed by atoms with Crippen LogP contribution in [0.5, 0.6) is 0 Å². The summed E-state index contributed by atoms with van der Waals surface area (Å²) in [4.78, 5) is 32.4. The number of sulfonamides is 1. The number of guanidine groups is 1. The molecule has 3 rings (SSSR count). The lowest BCUT2D eigenvalue weighted by molar-refractivity contribution is -0.141. The second-order valence-corrected chi connectivity index (χ2v) is 12.4. The highest BCUT2D eigenvalue weighted by molar-refractivity contribution is 7.89. The Bertz CT molecular complexity index is 1300. The topological polar surface area (TPSA) is 160 Å². The van der Waals surface area contributed by atoms with Gasteiger partial charge in [-0.1, -0.05) is 56.3 Å². The van der Waals surface area contributed by atoms with Gasteiger partial charge in [-0.3, -0.25) is 19.5 Å². The number of esters is 1. The van der Waals surface area contributed by atoms with E-state index in [1.165, 1.54) is 13.0 Å². The van der Waals surface area contributed by atoms with Gasteiger partial charge in [-0.2, -0.15) is 4.72 Å². The zero-order valence-electron chi connectivity index (χ0n) is 24.1. The minimum Gasteiger partial charge on any atom is -0.465 e. The predicted octanol–water partition coefficient (Wildman–Crippen LogP) is 1.42. The first-order valence-electron chi connectivity index (χ1n) is 13.8. The fourth-order valence-electron chi connectivity index (χ4n) is 4.80. The number of ether oxygens (including phenoxy) is 1. The third-order valence-corrected chi connectivity index (χ3v) is 8.77. The van der Waals surface area contributed by atoms with Crippen LogP contribution in [0.2, 0.25) is 0 Å². The quantitative estimate of drug-likeness (QED) is 0.137. The summed E-state index contributed by atoms with van der Waals surface area (Å²) in [6.45, 7) is 8.66. The fraction of sp³-hybridized carbons (Fsp3) is 0.483. The van der Waals surface area contributed by atoms with Gasteiger partial charge in [-0.15, -0.1) is 0 Å². The Balaban J connectivity index is 1.75. The Morgan fingerprint density at radius 1 is 1.02 bits per heavy atom. The van der Waals surface area contributed by atoms with Crippen molar-refractivity contribution in [2.75, 3.05) is 45.9 Å². The molecule has 1 heterocycles. The molecule has 2 aromatic rings. The number of carbonyl (C=O) groups excluding carboxylic acids is 2. The average Bonchev–Trinajstić information content (AvgIpc) is 2.95. The summed E-state index contributed by atoms with van der Waals surface area (Å²) >= 11 is 0. The zero-order chi connectivity index (χ0) is 30.0. The second kappa shape index (κ2) is 14.4. The van der Waals surface area contributed by atoms with Crippen LogP contribution in [0, 0.1) is 0 Å². The van der Waals surface area contributed by atoms with Gasteiger partial charge in [0.15, 0.2) is 5.96 Å². The van der Waals surface area contributed by atoms with Gasteiger partial charge in [0.2, 0.25) is 15.9 Å². The molecule has 1 saturated heterocycles. The first kappa shape index (κ1) is 32.0. The number of aliphatic imine (C=N–C) groups is 1. The lowest BCUT2D eigenvalue weighted by Gasteiger charge is -2.36. The van der Waals surface area contributed by atoms with Gasteiger partial charge in [0, 0.05) is 51.6 Å². The molecular weight excluding hydrogens is 544 g/mol. The molecule has 1 atom stereocenters. The fourth-order valence-corrected chi connectivity index (χ4v) is 6.07. The van der Waals surface area contributed by atoms with E-state index >= 15 is 0 Å². The molecule has 5 N–H and O–H groups in total. The Morgan fingerprint density at radius 3 is 2.32 bits per heavy atom. The van der Waals surface area contributed by atoms with Crippen LogP contribution in [0.1, 0.15) is 44.7 Å². The van der Waals surface area contributed by atoms with Crippen molar-refractivity contribution in [2.24, 2.45) is 16.5 Å². The number of hydrogen-bond acceptors (Lipinski definition) is 7. The van der Waals surface area contributed by atoms with Gasteiger partial charge in [0.1, 0.15) is 12.6 Å². The lowest BCUT2D eigenvalue weighted by atomic mass is 9.78. The van der Waals surface area contributed by atoms with Crippen molar-refractivity contribution in [1.82, 2.24) is 14.5 Å². The number of nitrogens with two attached hydrogens (primary N) is 2. The molecule has 41 heavy (non-hydrogen) atoms. The van der Waals surface area contributed by atoms with Crippen molar-refractivity contribution in [1.29, 1.82) is 0 Å². The monoisotopic (exact) mass is 586 g/mol. The first-order chi connectivity index (χ1) is 19.4. The van der Waals surface area contributed by atoms with Crippen LogP contribution in [0.4, 0.5) is 0 Å². The normalized spacial score (nSPS) is 15.2. The van der Waals surface area contributed by atoms with Crippen molar-refractivity contribution in [3.05, 3.63) is 65.7 Å². The third kappa shape index (κ3) is 9.27. The van der Waals surface area contributed by atoms with E-state index < -0.39 is 21.5 Å². The molecule has 1 amide bonds. The Labute approximate surface area is 243 Å². The number of piperazine rings is 1. The lowest BCUT2D eigenvalue weighted by Crippen LogP contribution is -2.55. The van der Waals surface area contributed by atoms with Crippen LogP contribution in [0.3, 0.4) is 0 Å². The van der Waals surface area contributed by atoms with Gasteiger partial charge in [-0.25, -0.2) is 8.42 Å². The van der Waals surface area contributed by atoms with E-state index in [2.05, 4.69) is 14.6 Å². The second-order valence-electron chi connectivity index (χ2n) is 10.6. The highest BCUT2D eigenvalue weighted by atomic mass is 32.2. The molecule has 0 saturated carbocycles. The minimum atomic E-state index is -4.03. The van der Waals surface area contributed by atoms with E-state index in [1.54, 1.807) is 17.0 Å². The third-order valence-electron chi connectivity index (χ3n) is 7.30. The van der Waals surface area contributed by atoms with Crippen LogP contribution in [0.15, 0.2) is 64.5 Å². The Morgan fingerprint density at radius 2 is 1.68 bits per heavy atom. The summed E-state index contributed by atoms with van der Waals surface area (Å²) in [5, 5.41) is 0. The maximum atomic E-state index is 13.6. The van der Waals surface area contributed by atoms with Crippen LogP contribution >= 0.6 is 0 Å². The smallest absolute Gasteiger partial charge is 0.302 e. The molecule has 0 bridgehead atoms. The maximum Gasteiger partial charge on any atom is 0.302 e. The molecule has 1 unspecified atom stereocenters. The standard InChI is InChI=1S/C29H42N6O5S/c1-22(36)40-20-19-34-15-17-35(18-16-34)27(37)26(13-8-14-32-28(30)31)33-41(38,39)25-12-7-11-24(21-25)29(2,3)23-9-5-4-6-10-23/h4-7,9-12,21,26,33H,8,13-20H2,1-3H3,(H4,30,31,32). The number of benzene rings is 2. The number of hydrogen-bond donors (Lipinski definition) is 3. The molecule has 0 spiro atoms. The van der Waals surface area contributed by atoms with Crippen LogP contribution in [-0.4, -0.2) is 88.0 Å². The van der Waals surface area contributed by atoms with E-state index in [4.69, 9.17) is 16.2 Å². The molecule has 0 radical (unpaired) electrons. The van der Waals surface area contributed by atoms with E-state index in [1.807, 2.05) is 50.2 Å². The molecule has 224 valence electrons. The van der Waals surface area contributed by atoms with Gasteiger partial charge < -0.3 is 21.1 Å². The summed E-state index contributed by atoms with van der Waals surface area (Å²) in [5.74, 6) is -0.682. The largest absolute Gasteiger partial charge is 0.465 e. The number of nitrogens with one attached hydrogen (secondary N) is 1. The SMILES string of the molecule is CC(=O)OCCN1CCN(C(=O)C(CCCN=C(N)N)NS(=O)(=O)c2cccc(C(C)(C)c3ccccc3)c2)CC1. The van der Waals surface area contributed by atoms with Crippen molar-refractivity contribution in [2.45, 2.75) is 50.0 Å². The van der Waals surface area contributed by atoms with E-state index in [9.17, 15) is 18.0 Å². The number of rotatable bonds is 13. The molecule has 11 nitrogen and oxygen atoms in total. The molecule has 1 aliphatic heterocycles. The highest BCUT2D eigenvalue weighted by Crippen LogP contribution is 2.32. The summed E-state index contributed by atoms with van der Waals surface area (Å²) < 4.78 is 34.9. The van der Waals surface area contributed by atoms with Gasteiger partial charge in [0.25, 0.3) is 0 Å². The van der Waals surface area contributed by atoms with Crippen LogP contribution in [-0.2, 0) is 29.8 Å².